The number of ether oxygens (including phenoxy) is 3. The average Bonchev–Trinajstić information content (AvgIpc) is 3.36. The fourth-order valence-electron chi connectivity index (χ4n) is 9.70. The zero-order chi connectivity index (χ0) is 49.8. The van der Waals surface area contributed by atoms with Crippen LogP contribution in [-0.2, 0) is 14.2 Å². The van der Waals surface area contributed by atoms with Crippen molar-refractivity contribution in [1.29, 1.82) is 0 Å². The van der Waals surface area contributed by atoms with E-state index in [9.17, 15) is 14.4 Å². The lowest BCUT2D eigenvalue weighted by molar-refractivity contribution is 0.0447. The Morgan fingerprint density at radius 2 is 0.464 bits per heavy atom. The van der Waals surface area contributed by atoms with Gasteiger partial charge in [0.15, 0.2) is 0 Å². The molecule has 1 aromatic rings. The summed E-state index contributed by atoms with van der Waals surface area (Å²) in [6, 6.07) is 4.58. The first-order valence-electron chi connectivity index (χ1n) is 30.7. The molecule has 0 atom stereocenters. The van der Waals surface area contributed by atoms with Gasteiger partial charge in [0.1, 0.15) is 0 Å². The Balaban J connectivity index is 2.43. The largest absolute Gasteiger partial charge is 0.462 e. The van der Waals surface area contributed by atoms with Crippen molar-refractivity contribution in [3.63, 3.8) is 0 Å². The lowest BCUT2D eigenvalue weighted by Gasteiger charge is -2.12. The molecular formula is C63H114O6. The summed E-state index contributed by atoms with van der Waals surface area (Å²) in [7, 11) is 0. The lowest BCUT2D eigenvalue weighted by Crippen LogP contribution is -2.17. The molecule has 0 unspecified atom stereocenters. The van der Waals surface area contributed by atoms with E-state index in [1.807, 2.05) is 0 Å². The standard InChI is InChI=1S/C63H114O6/c1-4-7-10-13-16-19-22-25-28-31-34-37-40-43-46-49-54-67-61(64)58-52-53-59(62(65)68-55-50-47-44-41-38-35-32-29-26-23-20-17-14-11-8-5-2)60(57-58)63(66)69-56-51-48-45-42-39-36-33-30-27-24-21-18-15-12-9-6-3/h52-53,57H,4-51,54-56H2,1-3H3. The third-order valence-corrected chi connectivity index (χ3v) is 14.4. The molecule has 0 fully saturated rings. The molecule has 0 radical (unpaired) electrons. The van der Waals surface area contributed by atoms with Gasteiger partial charge in [0.05, 0.1) is 36.5 Å². The normalized spacial score (nSPS) is 11.3. The van der Waals surface area contributed by atoms with Gasteiger partial charge >= 0.3 is 17.9 Å². The highest BCUT2D eigenvalue weighted by atomic mass is 16.5. The van der Waals surface area contributed by atoms with Gasteiger partial charge in [-0.15, -0.1) is 0 Å². The number of carbonyl (C=O) groups excluding carboxylic acids is 3. The number of unbranched alkanes of at least 4 members (excludes halogenated alkanes) is 45. The maximum atomic E-state index is 13.5. The summed E-state index contributed by atoms with van der Waals surface area (Å²) in [5.41, 5.74) is 0.494. The zero-order valence-corrected chi connectivity index (χ0v) is 46.2. The Bertz CT molecular complexity index is 1280. The maximum absolute atomic E-state index is 13.5. The topological polar surface area (TPSA) is 78.9 Å². The smallest absolute Gasteiger partial charge is 0.339 e. The second-order valence-corrected chi connectivity index (χ2v) is 21.1. The highest BCUT2D eigenvalue weighted by Crippen LogP contribution is 2.20. The van der Waals surface area contributed by atoms with Crippen LogP contribution in [0, 0.1) is 0 Å². The zero-order valence-electron chi connectivity index (χ0n) is 46.2. The van der Waals surface area contributed by atoms with Crippen LogP contribution in [0.25, 0.3) is 0 Å². The SMILES string of the molecule is CCCCCCCCCCCCCCCCCCOC(=O)c1ccc(C(=O)OCCCCCCCCCCCCCCCCCC)c(C(=O)OCCCCCCCCCCCCCCCCCC)c1. The van der Waals surface area contributed by atoms with Crippen LogP contribution in [0.1, 0.15) is 360 Å². The molecule has 1 rings (SSSR count). The molecule has 0 aliphatic heterocycles. The Morgan fingerprint density at radius 1 is 0.261 bits per heavy atom. The van der Waals surface area contributed by atoms with Crippen molar-refractivity contribution >= 4 is 17.9 Å². The average molecular weight is 968 g/mol. The fourth-order valence-corrected chi connectivity index (χ4v) is 9.70. The van der Waals surface area contributed by atoms with Gasteiger partial charge in [0.2, 0.25) is 0 Å². The van der Waals surface area contributed by atoms with E-state index in [4.69, 9.17) is 14.2 Å². The van der Waals surface area contributed by atoms with Crippen molar-refractivity contribution in [2.75, 3.05) is 19.8 Å². The quantitative estimate of drug-likeness (QED) is 0.0368. The van der Waals surface area contributed by atoms with Gasteiger partial charge in [-0.2, -0.15) is 0 Å². The predicted molar refractivity (Wildman–Crippen MR) is 296 cm³/mol. The summed E-state index contributed by atoms with van der Waals surface area (Å²) < 4.78 is 17.0. The van der Waals surface area contributed by atoms with Crippen LogP contribution in [0.15, 0.2) is 18.2 Å². The van der Waals surface area contributed by atoms with E-state index in [0.717, 1.165) is 57.8 Å². The minimum Gasteiger partial charge on any atom is -0.462 e. The van der Waals surface area contributed by atoms with Crippen LogP contribution in [0.4, 0.5) is 0 Å². The van der Waals surface area contributed by atoms with Gasteiger partial charge in [-0.05, 0) is 37.5 Å². The first kappa shape index (κ1) is 64.6. The van der Waals surface area contributed by atoms with E-state index in [1.54, 1.807) is 6.07 Å². The third kappa shape index (κ3) is 41.9. The predicted octanol–water partition coefficient (Wildman–Crippen LogP) is 20.9. The molecule has 1 aromatic carbocycles. The molecule has 0 amide bonds. The Kier molecular flexibility index (Phi) is 48.7. The number of hydrogen-bond acceptors (Lipinski definition) is 6. The molecule has 6 nitrogen and oxygen atoms in total. The van der Waals surface area contributed by atoms with Crippen LogP contribution < -0.4 is 0 Å². The molecule has 0 saturated heterocycles. The van der Waals surface area contributed by atoms with Crippen molar-refractivity contribution in [1.82, 2.24) is 0 Å². The van der Waals surface area contributed by atoms with Gasteiger partial charge in [-0.25, -0.2) is 14.4 Å². The maximum Gasteiger partial charge on any atom is 0.339 e. The minimum atomic E-state index is -0.585. The van der Waals surface area contributed by atoms with Gasteiger partial charge in [-0.1, -0.05) is 310 Å². The minimum absolute atomic E-state index is 0.0836. The summed E-state index contributed by atoms with van der Waals surface area (Å²) in [6.45, 7) is 7.79. The molecular weight excluding hydrogens is 853 g/mol. The first-order chi connectivity index (χ1) is 34.0. The number of rotatable bonds is 54. The number of benzene rings is 1. The van der Waals surface area contributed by atoms with E-state index in [1.165, 1.54) is 263 Å². The van der Waals surface area contributed by atoms with Crippen LogP contribution >= 0.6 is 0 Å². The van der Waals surface area contributed by atoms with E-state index < -0.39 is 17.9 Å². The number of hydrogen-bond donors (Lipinski definition) is 0. The molecule has 0 saturated carbocycles. The van der Waals surface area contributed by atoms with Crippen molar-refractivity contribution in [3.05, 3.63) is 34.9 Å². The molecule has 0 aliphatic carbocycles. The highest BCUT2D eigenvalue weighted by molar-refractivity contribution is 6.05. The number of carbonyl (C=O) groups is 3. The van der Waals surface area contributed by atoms with E-state index in [0.29, 0.717) is 19.8 Å². The van der Waals surface area contributed by atoms with Gasteiger partial charge in [-0.3, -0.25) is 0 Å². The van der Waals surface area contributed by atoms with Crippen molar-refractivity contribution in [2.45, 2.75) is 329 Å². The molecule has 0 spiro atoms. The van der Waals surface area contributed by atoms with E-state index in [-0.39, 0.29) is 16.7 Å². The van der Waals surface area contributed by atoms with Gasteiger partial charge in [0.25, 0.3) is 0 Å². The van der Waals surface area contributed by atoms with Crippen LogP contribution in [0.5, 0.6) is 0 Å². The molecule has 0 bridgehead atoms. The molecule has 0 heterocycles. The van der Waals surface area contributed by atoms with Crippen LogP contribution in [-0.4, -0.2) is 37.7 Å². The van der Waals surface area contributed by atoms with E-state index >= 15 is 0 Å². The molecule has 0 aromatic heterocycles. The Hall–Kier alpha value is -2.37. The van der Waals surface area contributed by atoms with Crippen LogP contribution in [0.3, 0.4) is 0 Å². The Morgan fingerprint density at radius 3 is 0.710 bits per heavy atom. The van der Waals surface area contributed by atoms with Crippen molar-refractivity contribution in [2.24, 2.45) is 0 Å². The fraction of sp³-hybridized carbons (Fsp3) is 0.857. The summed E-state index contributed by atoms with van der Waals surface area (Å²) in [5.74, 6) is -1.60. The molecule has 402 valence electrons. The first-order valence-corrected chi connectivity index (χ1v) is 30.7. The molecule has 0 aliphatic rings. The monoisotopic (exact) mass is 967 g/mol. The third-order valence-electron chi connectivity index (χ3n) is 14.4. The summed E-state index contributed by atoms with van der Waals surface area (Å²) >= 11 is 0. The van der Waals surface area contributed by atoms with Crippen molar-refractivity contribution in [3.8, 4) is 0 Å². The molecule has 6 heteroatoms. The molecule has 0 N–H and O–H groups in total. The second kappa shape index (κ2) is 52.0. The van der Waals surface area contributed by atoms with Gasteiger partial charge < -0.3 is 14.2 Å². The Labute approximate surface area is 428 Å². The highest BCUT2D eigenvalue weighted by Gasteiger charge is 2.22. The molecule has 69 heavy (non-hydrogen) atoms. The van der Waals surface area contributed by atoms with Gasteiger partial charge in [0, 0.05) is 0 Å². The van der Waals surface area contributed by atoms with E-state index in [2.05, 4.69) is 20.8 Å². The number of esters is 3. The second-order valence-electron chi connectivity index (χ2n) is 21.1. The van der Waals surface area contributed by atoms with Crippen LogP contribution in [0.2, 0.25) is 0 Å². The lowest BCUT2D eigenvalue weighted by atomic mass is 10.0. The summed E-state index contributed by atoms with van der Waals surface area (Å²) in [6.07, 6.45) is 61.7. The van der Waals surface area contributed by atoms with Crippen molar-refractivity contribution < 1.29 is 28.6 Å². The summed E-state index contributed by atoms with van der Waals surface area (Å²) in [5, 5.41) is 0. The summed E-state index contributed by atoms with van der Waals surface area (Å²) in [4.78, 5) is 40.0.